The Morgan fingerprint density at radius 3 is 2.48 bits per heavy atom. The summed E-state index contributed by atoms with van der Waals surface area (Å²) < 4.78 is 5.41. The second-order valence-corrected chi connectivity index (χ2v) is 4.73. The van der Waals surface area contributed by atoms with Gasteiger partial charge < -0.3 is 15.8 Å². The highest BCUT2D eigenvalue weighted by molar-refractivity contribution is 5.77. The van der Waals surface area contributed by atoms with Crippen LogP contribution < -0.4 is 15.8 Å². The number of anilines is 1. The van der Waals surface area contributed by atoms with E-state index in [1.54, 1.807) is 12.1 Å². The lowest BCUT2D eigenvalue weighted by molar-refractivity contribution is -0.123. The van der Waals surface area contributed by atoms with Crippen LogP contribution in [0.4, 0.5) is 5.69 Å². The molecule has 0 aromatic heterocycles. The van der Waals surface area contributed by atoms with Gasteiger partial charge in [-0.05, 0) is 29.7 Å². The number of carbonyl (C=O) groups is 1. The monoisotopic (exact) mass is 284 g/mol. The first-order valence-electron chi connectivity index (χ1n) is 7.01. The van der Waals surface area contributed by atoms with Gasteiger partial charge in [-0.3, -0.25) is 4.79 Å². The molecule has 0 unspecified atom stereocenters. The molecule has 4 heteroatoms. The minimum absolute atomic E-state index is 0.0392. The van der Waals surface area contributed by atoms with Gasteiger partial charge in [-0.25, -0.2) is 0 Å². The molecule has 0 bridgehead atoms. The number of amides is 1. The van der Waals surface area contributed by atoms with E-state index in [2.05, 4.69) is 18.3 Å². The number of para-hydroxylation sites is 2. The molecule has 0 heterocycles. The highest BCUT2D eigenvalue weighted by atomic mass is 16.5. The summed E-state index contributed by atoms with van der Waals surface area (Å²) in [6.45, 7) is 2.57. The predicted molar refractivity (Wildman–Crippen MR) is 84.0 cm³/mol. The zero-order valence-corrected chi connectivity index (χ0v) is 12.1. The van der Waals surface area contributed by atoms with Crippen molar-refractivity contribution in [1.29, 1.82) is 0 Å². The fourth-order valence-electron chi connectivity index (χ4n) is 2.07. The number of hydrogen-bond acceptors (Lipinski definition) is 3. The van der Waals surface area contributed by atoms with Gasteiger partial charge in [0.25, 0.3) is 5.91 Å². The van der Waals surface area contributed by atoms with Crippen molar-refractivity contribution >= 4 is 11.6 Å². The Hall–Kier alpha value is -2.49. The van der Waals surface area contributed by atoms with Gasteiger partial charge in [0.1, 0.15) is 5.75 Å². The normalized spacial score (nSPS) is 10.1. The van der Waals surface area contributed by atoms with Crippen molar-refractivity contribution in [3.8, 4) is 5.75 Å². The lowest BCUT2D eigenvalue weighted by Crippen LogP contribution is -2.28. The molecule has 0 spiro atoms. The third-order valence-corrected chi connectivity index (χ3v) is 3.25. The van der Waals surface area contributed by atoms with Crippen molar-refractivity contribution in [3.63, 3.8) is 0 Å². The maximum atomic E-state index is 11.8. The number of carbonyl (C=O) groups excluding carboxylic acids is 1. The van der Waals surface area contributed by atoms with Crippen molar-refractivity contribution < 1.29 is 9.53 Å². The summed E-state index contributed by atoms with van der Waals surface area (Å²) in [4.78, 5) is 11.8. The molecule has 1 amide bonds. The third kappa shape index (κ3) is 4.24. The van der Waals surface area contributed by atoms with Crippen LogP contribution in [0.2, 0.25) is 0 Å². The molecule has 2 aromatic carbocycles. The van der Waals surface area contributed by atoms with Gasteiger partial charge in [-0.1, -0.05) is 43.3 Å². The van der Waals surface area contributed by atoms with E-state index in [-0.39, 0.29) is 12.5 Å². The van der Waals surface area contributed by atoms with E-state index in [0.29, 0.717) is 18.0 Å². The van der Waals surface area contributed by atoms with Crippen LogP contribution in [0.5, 0.6) is 5.75 Å². The fraction of sp³-hybridized carbons (Fsp3) is 0.235. The number of nitrogens with two attached hydrogens (primary N) is 1. The second kappa shape index (κ2) is 7.33. The maximum absolute atomic E-state index is 11.8. The Labute approximate surface area is 124 Å². The van der Waals surface area contributed by atoms with Gasteiger partial charge in [0.05, 0.1) is 5.69 Å². The Morgan fingerprint density at radius 2 is 1.76 bits per heavy atom. The highest BCUT2D eigenvalue weighted by Crippen LogP contribution is 2.19. The lowest BCUT2D eigenvalue weighted by atomic mass is 10.1. The third-order valence-electron chi connectivity index (χ3n) is 3.25. The van der Waals surface area contributed by atoms with Crippen LogP contribution in [0.15, 0.2) is 48.5 Å². The topological polar surface area (TPSA) is 64.3 Å². The van der Waals surface area contributed by atoms with Gasteiger partial charge in [0, 0.05) is 6.54 Å². The molecule has 0 saturated heterocycles. The molecule has 0 fully saturated rings. The zero-order chi connectivity index (χ0) is 15.1. The van der Waals surface area contributed by atoms with E-state index in [4.69, 9.17) is 10.5 Å². The lowest BCUT2D eigenvalue weighted by Gasteiger charge is -2.11. The van der Waals surface area contributed by atoms with E-state index in [0.717, 1.165) is 12.0 Å². The number of ether oxygens (including phenoxy) is 1. The smallest absolute Gasteiger partial charge is 0.258 e. The average molecular weight is 284 g/mol. The second-order valence-electron chi connectivity index (χ2n) is 4.73. The molecule has 0 aliphatic heterocycles. The number of benzene rings is 2. The molecular formula is C17H20N2O2. The highest BCUT2D eigenvalue weighted by Gasteiger charge is 2.06. The van der Waals surface area contributed by atoms with Crippen molar-refractivity contribution in [2.75, 3.05) is 12.3 Å². The van der Waals surface area contributed by atoms with Crippen LogP contribution in [-0.2, 0) is 17.8 Å². The minimum Gasteiger partial charge on any atom is -0.482 e. The summed E-state index contributed by atoms with van der Waals surface area (Å²) in [5.41, 5.74) is 8.66. The summed E-state index contributed by atoms with van der Waals surface area (Å²) in [5, 5.41) is 2.86. The molecule has 0 aliphatic rings. The number of rotatable bonds is 6. The van der Waals surface area contributed by atoms with E-state index in [1.165, 1.54) is 5.56 Å². The molecule has 0 radical (unpaired) electrons. The summed E-state index contributed by atoms with van der Waals surface area (Å²) in [6, 6.07) is 15.2. The standard InChI is InChI=1S/C17H20N2O2/c1-2-13-7-3-4-8-14(13)11-19-17(20)12-21-16-10-6-5-9-15(16)18/h3-10H,2,11-12,18H2,1H3,(H,19,20). The molecule has 2 rings (SSSR count). The number of hydrogen-bond donors (Lipinski definition) is 2. The number of nitrogens with one attached hydrogen (secondary N) is 1. The fourth-order valence-corrected chi connectivity index (χ4v) is 2.07. The molecule has 3 N–H and O–H groups in total. The van der Waals surface area contributed by atoms with Gasteiger partial charge >= 0.3 is 0 Å². The SMILES string of the molecule is CCc1ccccc1CNC(=O)COc1ccccc1N. The molecule has 0 aliphatic carbocycles. The first kappa shape index (κ1) is 14.9. The van der Waals surface area contributed by atoms with E-state index < -0.39 is 0 Å². The van der Waals surface area contributed by atoms with Crippen molar-refractivity contribution in [1.82, 2.24) is 5.32 Å². The Kier molecular flexibility index (Phi) is 5.21. The first-order chi connectivity index (χ1) is 10.2. The minimum atomic E-state index is -0.163. The molecule has 0 saturated carbocycles. The van der Waals surface area contributed by atoms with Crippen LogP contribution in [0, 0.1) is 0 Å². The first-order valence-corrected chi connectivity index (χ1v) is 7.01. The van der Waals surface area contributed by atoms with Gasteiger partial charge in [0.15, 0.2) is 6.61 Å². The van der Waals surface area contributed by atoms with Crippen LogP contribution >= 0.6 is 0 Å². The predicted octanol–water partition coefficient (Wildman–Crippen LogP) is 2.53. The van der Waals surface area contributed by atoms with Gasteiger partial charge in [-0.15, -0.1) is 0 Å². The zero-order valence-electron chi connectivity index (χ0n) is 12.1. The largest absolute Gasteiger partial charge is 0.482 e. The molecule has 2 aromatic rings. The van der Waals surface area contributed by atoms with Gasteiger partial charge in [-0.2, -0.15) is 0 Å². The van der Waals surface area contributed by atoms with E-state index in [1.807, 2.05) is 30.3 Å². The Balaban J connectivity index is 1.84. The van der Waals surface area contributed by atoms with Crippen LogP contribution in [0.25, 0.3) is 0 Å². The summed E-state index contributed by atoms with van der Waals surface area (Å²) >= 11 is 0. The number of nitrogen functional groups attached to an aromatic ring is 1. The van der Waals surface area contributed by atoms with Crippen molar-refractivity contribution in [2.45, 2.75) is 19.9 Å². The molecule has 21 heavy (non-hydrogen) atoms. The summed E-state index contributed by atoms with van der Waals surface area (Å²) in [7, 11) is 0. The quantitative estimate of drug-likeness (QED) is 0.801. The van der Waals surface area contributed by atoms with Crippen molar-refractivity contribution in [2.24, 2.45) is 0 Å². The van der Waals surface area contributed by atoms with Crippen molar-refractivity contribution in [3.05, 3.63) is 59.7 Å². The average Bonchev–Trinajstić information content (AvgIpc) is 2.52. The molecular weight excluding hydrogens is 264 g/mol. The van der Waals surface area contributed by atoms with Crippen LogP contribution in [-0.4, -0.2) is 12.5 Å². The Bertz CT molecular complexity index is 611. The van der Waals surface area contributed by atoms with E-state index in [9.17, 15) is 4.79 Å². The van der Waals surface area contributed by atoms with Crippen LogP contribution in [0.3, 0.4) is 0 Å². The molecule has 110 valence electrons. The molecule has 0 atom stereocenters. The Morgan fingerprint density at radius 1 is 1.10 bits per heavy atom. The van der Waals surface area contributed by atoms with Crippen LogP contribution in [0.1, 0.15) is 18.1 Å². The van der Waals surface area contributed by atoms with Gasteiger partial charge in [0.2, 0.25) is 0 Å². The van der Waals surface area contributed by atoms with E-state index >= 15 is 0 Å². The number of aryl methyl sites for hydroxylation is 1. The maximum Gasteiger partial charge on any atom is 0.258 e. The molecule has 4 nitrogen and oxygen atoms in total. The summed E-state index contributed by atoms with van der Waals surface area (Å²) in [5.74, 6) is 0.366. The summed E-state index contributed by atoms with van der Waals surface area (Å²) in [6.07, 6.45) is 0.948.